The molecule has 0 radical (unpaired) electrons. The Hall–Kier alpha value is -0.860. The highest BCUT2D eigenvalue weighted by Gasteiger charge is 2.40. The number of ether oxygens (including phenoxy) is 1. The number of benzene rings is 1. The molecule has 2 fully saturated rings. The highest BCUT2D eigenvalue weighted by molar-refractivity contribution is 5.24. The topological polar surface area (TPSA) is 21.3 Å². The molecule has 1 aromatic rings. The van der Waals surface area contributed by atoms with Gasteiger partial charge in [-0.2, -0.15) is 0 Å². The van der Waals surface area contributed by atoms with E-state index in [0.29, 0.717) is 12.1 Å². The van der Waals surface area contributed by atoms with E-state index in [9.17, 15) is 0 Å². The Kier molecular flexibility index (Phi) is 4.66. The number of hydrogen-bond acceptors (Lipinski definition) is 2. The van der Waals surface area contributed by atoms with Gasteiger partial charge in [-0.15, -0.1) is 0 Å². The lowest BCUT2D eigenvalue weighted by molar-refractivity contribution is -0.0628. The minimum Gasteiger partial charge on any atom is -0.370 e. The molecule has 2 heteroatoms. The molecule has 1 unspecified atom stereocenters. The maximum atomic E-state index is 6.44. The zero-order valence-electron chi connectivity index (χ0n) is 13.5. The van der Waals surface area contributed by atoms with E-state index in [-0.39, 0.29) is 5.60 Å². The molecule has 2 aliphatic rings. The van der Waals surface area contributed by atoms with Gasteiger partial charge in [0.05, 0.1) is 11.7 Å². The van der Waals surface area contributed by atoms with Crippen LogP contribution >= 0.6 is 0 Å². The Morgan fingerprint density at radius 1 is 1.24 bits per heavy atom. The average molecular weight is 287 g/mol. The van der Waals surface area contributed by atoms with Crippen LogP contribution in [0.1, 0.15) is 69.0 Å². The number of aryl methyl sites for hydroxylation is 1. The van der Waals surface area contributed by atoms with Crippen LogP contribution in [-0.2, 0) is 4.74 Å². The largest absolute Gasteiger partial charge is 0.370 e. The molecule has 1 N–H and O–H groups in total. The Morgan fingerprint density at radius 2 is 2.05 bits per heavy atom. The molecule has 0 amide bonds. The van der Waals surface area contributed by atoms with Gasteiger partial charge >= 0.3 is 0 Å². The molecule has 2 atom stereocenters. The van der Waals surface area contributed by atoms with E-state index in [4.69, 9.17) is 4.74 Å². The van der Waals surface area contributed by atoms with Crippen LogP contribution < -0.4 is 5.32 Å². The third-order valence-electron chi connectivity index (χ3n) is 5.30. The summed E-state index contributed by atoms with van der Waals surface area (Å²) < 4.78 is 6.44. The highest BCUT2D eigenvalue weighted by atomic mass is 16.5. The fourth-order valence-corrected chi connectivity index (χ4v) is 3.97. The first-order valence-electron chi connectivity index (χ1n) is 8.65. The number of hydrogen-bond donors (Lipinski definition) is 1. The number of nitrogens with one attached hydrogen (secondary N) is 1. The summed E-state index contributed by atoms with van der Waals surface area (Å²) >= 11 is 0. The second-order valence-corrected chi connectivity index (χ2v) is 7.07. The molecule has 1 saturated carbocycles. The molecule has 0 bridgehead atoms. The van der Waals surface area contributed by atoms with E-state index in [1.807, 2.05) is 0 Å². The number of rotatable bonds is 4. The molecule has 2 nitrogen and oxygen atoms in total. The second-order valence-electron chi connectivity index (χ2n) is 7.07. The Morgan fingerprint density at radius 3 is 2.81 bits per heavy atom. The summed E-state index contributed by atoms with van der Waals surface area (Å²) in [7, 11) is 0. The van der Waals surface area contributed by atoms with Gasteiger partial charge in [-0.05, 0) is 45.1 Å². The third-order valence-corrected chi connectivity index (χ3v) is 5.30. The van der Waals surface area contributed by atoms with E-state index in [1.165, 1.54) is 56.1 Å². The van der Waals surface area contributed by atoms with Crippen LogP contribution in [-0.4, -0.2) is 18.2 Å². The molecule has 1 spiro atoms. The van der Waals surface area contributed by atoms with Crippen molar-refractivity contribution >= 4 is 0 Å². The first-order valence-corrected chi connectivity index (χ1v) is 8.65. The minimum absolute atomic E-state index is 0.247. The molecular formula is C19H29NO. The van der Waals surface area contributed by atoms with Crippen LogP contribution in [0, 0.1) is 6.92 Å². The summed E-state index contributed by atoms with van der Waals surface area (Å²) in [4.78, 5) is 0. The van der Waals surface area contributed by atoms with Gasteiger partial charge in [0.1, 0.15) is 0 Å². The predicted octanol–water partition coefficient (Wildman–Crippen LogP) is 4.53. The average Bonchev–Trinajstić information content (AvgIpc) is 2.88. The molecule has 21 heavy (non-hydrogen) atoms. The van der Waals surface area contributed by atoms with Gasteiger partial charge in [-0.25, -0.2) is 0 Å². The van der Waals surface area contributed by atoms with Crippen molar-refractivity contribution in [1.82, 2.24) is 5.32 Å². The zero-order chi connectivity index (χ0) is 14.7. The van der Waals surface area contributed by atoms with E-state index >= 15 is 0 Å². The lowest BCUT2D eigenvalue weighted by Crippen LogP contribution is -2.35. The van der Waals surface area contributed by atoms with Crippen molar-refractivity contribution < 1.29 is 4.74 Å². The summed E-state index contributed by atoms with van der Waals surface area (Å²) in [6.07, 6.45) is 9.62. The molecule has 1 aliphatic carbocycles. The van der Waals surface area contributed by atoms with Gasteiger partial charge in [-0.3, -0.25) is 0 Å². The van der Waals surface area contributed by atoms with Crippen LogP contribution in [0.2, 0.25) is 0 Å². The maximum Gasteiger partial charge on any atom is 0.0708 e. The summed E-state index contributed by atoms with van der Waals surface area (Å²) in [6.45, 7) is 5.39. The van der Waals surface area contributed by atoms with Crippen molar-refractivity contribution in [2.45, 2.75) is 76.5 Å². The highest BCUT2D eigenvalue weighted by Crippen LogP contribution is 2.41. The molecule has 1 saturated heterocycles. The third kappa shape index (κ3) is 3.67. The van der Waals surface area contributed by atoms with E-state index in [0.717, 1.165) is 6.54 Å². The van der Waals surface area contributed by atoms with E-state index < -0.39 is 0 Å². The summed E-state index contributed by atoms with van der Waals surface area (Å²) in [5.74, 6) is 0. The van der Waals surface area contributed by atoms with Gasteiger partial charge in [0.2, 0.25) is 0 Å². The molecule has 0 aromatic heterocycles. The minimum atomic E-state index is 0.247. The second kappa shape index (κ2) is 6.50. The smallest absolute Gasteiger partial charge is 0.0708 e. The molecule has 1 heterocycles. The molecule has 1 aliphatic heterocycles. The molecule has 116 valence electrons. The Bertz CT molecular complexity index is 464. The standard InChI is InChI=1S/C19H29NO/c1-15-7-6-8-17(13-15)16(2)20-14-18-9-12-19(21-18)10-4-3-5-11-19/h6-8,13,16,18,20H,3-5,9-12,14H2,1-2H3/t16-,18?/m1/s1. The quantitative estimate of drug-likeness (QED) is 0.878. The molecular weight excluding hydrogens is 258 g/mol. The molecule has 3 rings (SSSR count). The van der Waals surface area contributed by atoms with Crippen molar-refractivity contribution in [1.29, 1.82) is 0 Å². The van der Waals surface area contributed by atoms with Crippen molar-refractivity contribution in [3.05, 3.63) is 35.4 Å². The monoisotopic (exact) mass is 287 g/mol. The maximum absolute atomic E-state index is 6.44. The van der Waals surface area contributed by atoms with Gasteiger partial charge in [0.15, 0.2) is 0 Å². The van der Waals surface area contributed by atoms with Crippen molar-refractivity contribution in [2.75, 3.05) is 6.54 Å². The summed E-state index contributed by atoms with van der Waals surface area (Å²) in [5.41, 5.74) is 2.96. The van der Waals surface area contributed by atoms with Gasteiger partial charge in [0, 0.05) is 12.6 Å². The fourth-order valence-electron chi connectivity index (χ4n) is 3.97. The van der Waals surface area contributed by atoms with E-state index in [1.54, 1.807) is 0 Å². The lowest BCUT2D eigenvalue weighted by atomic mass is 9.83. The Labute approximate surface area is 129 Å². The summed E-state index contributed by atoms with van der Waals surface area (Å²) in [5, 5.41) is 3.67. The Balaban J connectivity index is 1.49. The predicted molar refractivity (Wildman–Crippen MR) is 87.5 cm³/mol. The van der Waals surface area contributed by atoms with Crippen molar-refractivity contribution in [2.24, 2.45) is 0 Å². The van der Waals surface area contributed by atoms with Crippen molar-refractivity contribution in [3.8, 4) is 0 Å². The lowest BCUT2D eigenvalue weighted by Gasteiger charge is -2.33. The van der Waals surface area contributed by atoms with Crippen LogP contribution in [0.15, 0.2) is 24.3 Å². The van der Waals surface area contributed by atoms with Crippen LogP contribution in [0.3, 0.4) is 0 Å². The summed E-state index contributed by atoms with van der Waals surface area (Å²) in [6, 6.07) is 9.18. The first kappa shape index (κ1) is 15.1. The molecule has 1 aromatic carbocycles. The van der Waals surface area contributed by atoms with Crippen LogP contribution in [0.25, 0.3) is 0 Å². The first-order chi connectivity index (χ1) is 10.2. The van der Waals surface area contributed by atoms with Crippen LogP contribution in [0.5, 0.6) is 0 Å². The zero-order valence-corrected chi connectivity index (χ0v) is 13.5. The van der Waals surface area contributed by atoms with Gasteiger partial charge in [-0.1, -0.05) is 49.1 Å². The fraction of sp³-hybridized carbons (Fsp3) is 0.684. The van der Waals surface area contributed by atoms with Gasteiger partial charge in [0.25, 0.3) is 0 Å². The van der Waals surface area contributed by atoms with Gasteiger partial charge < -0.3 is 10.1 Å². The van der Waals surface area contributed by atoms with E-state index in [2.05, 4.69) is 43.4 Å². The van der Waals surface area contributed by atoms with Crippen LogP contribution in [0.4, 0.5) is 0 Å². The van der Waals surface area contributed by atoms with Crippen molar-refractivity contribution in [3.63, 3.8) is 0 Å². The normalized spacial score (nSPS) is 26.1. The SMILES string of the molecule is Cc1cccc([C@@H](C)NCC2CCC3(CCCCC3)O2)c1.